The van der Waals surface area contributed by atoms with Gasteiger partial charge in [-0.05, 0) is 36.2 Å². The zero-order valence-corrected chi connectivity index (χ0v) is 12.8. The number of carbonyl (C=O) groups is 1. The number of aromatic nitrogens is 1. The SMILES string of the molecule is CCCc1ccc(NC(=O)CSc2ccc(N)nc2)cc1. The normalized spacial score (nSPS) is 10.3. The second kappa shape index (κ2) is 7.69. The first-order valence-electron chi connectivity index (χ1n) is 6.90. The van der Waals surface area contributed by atoms with Gasteiger partial charge in [-0.2, -0.15) is 0 Å². The van der Waals surface area contributed by atoms with Crippen molar-refractivity contribution in [3.8, 4) is 0 Å². The first-order chi connectivity index (χ1) is 10.2. The molecule has 1 aromatic carbocycles. The number of pyridine rings is 1. The van der Waals surface area contributed by atoms with E-state index in [-0.39, 0.29) is 5.91 Å². The molecule has 0 unspecified atom stereocenters. The van der Waals surface area contributed by atoms with Gasteiger partial charge in [0.1, 0.15) is 5.82 Å². The summed E-state index contributed by atoms with van der Waals surface area (Å²) in [5, 5.41) is 2.89. The molecule has 3 N–H and O–H groups in total. The average molecular weight is 301 g/mol. The number of carbonyl (C=O) groups excluding carboxylic acids is 1. The number of amides is 1. The van der Waals surface area contributed by atoms with E-state index >= 15 is 0 Å². The van der Waals surface area contributed by atoms with Crippen LogP contribution in [0.1, 0.15) is 18.9 Å². The van der Waals surface area contributed by atoms with Crippen molar-refractivity contribution < 1.29 is 4.79 Å². The van der Waals surface area contributed by atoms with Crippen molar-refractivity contribution in [3.05, 3.63) is 48.2 Å². The summed E-state index contributed by atoms with van der Waals surface area (Å²) >= 11 is 1.44. The first-order valence-corrected chi connectivity index (χ1v) is 7.89. The Morgan fingerprint density at radius 3 is 2.62 bits per heavy atom. The van der Waals surface area contributed by atoms with Gasteiger partial charge in [0.15, 0.2) is 0 Å². The molecule has 0 atom stereocenters. The highest BCUT2D eigenvalue weighted by Gasteiger charge is 2.04. The van der Waals surface area contributed by atoms with Crippen molar-refractivity contribution in [2.24, 2.45) is 0 Å². The number of nitrogens with zero attached hydrogens (tertiary/aromatic N) is 1. The van der Waals surface area contributed by atoms with Crippen LogP contribution in [0.2, 0.25) is 0 Å². The van der Waals surface area contributed by atoms with E-state index in [4.69, 9.17) is 5.73 Å². The molecule has 1 heterocycles. The van der Waals surface area contributed by atoms with Gasteiger partial charge in [0.25, 0.3) is 0 Å². The van der Waals surface area contributed by atoms with Crippen LogP contribution in [0.25, 0.3) is 0 Å². The first kappa shape index (κ1) is 15.4. The maximum atomic E-state index is 11.9. The van der Waals surface area contributed by atoms with Crippen LogP contribution in [0, 0.1) is 0 Å². The third-order valence-corrected chi connectivity index (χ3v) is 3.89. The summed E-state index contributed by atoms with van der Waals surface area (Å²) in [6.45, 7) is 2.15. The minimum Gasteiger partial charge on any atom is -0.384 e. The van der Waals surface area contributed by atoms with Gasteiger partial charge in [-0.3, -0.25) is 4.79 Å². The number of hydrogen-bond donors (Lipinski definition) is 2. The average Bonchev–Trinajstić information content (AvgIpc) is 2.49. The summed E-state index contributed by atoms with van der Waals surface area (Å²) < 4.78 is 0. The van der Waals surface area contributed by atoms with Crippen molar-refractivity contribution in [2.45, 2.75) is 24.7 Å². The molecule has 2 aromatic rings. The second-order valence-corrected chi connectivity index (χ2v) is 5.75. The zero-order chi connectivity index (χ0) is 15.1. The van der Waals surface area contributed by atoms with Gasteiger partial charge < -0.3 is 11.1 Å². The van der Waals surface area contributed by atoms with Gasteiger partial charge in [-0.15, -0.1) is 11.8 Å². The number of nitrogens with one attached hydrogen (secondary N) is 1. The number of anilines is 2. The lowest BCUT2D eigenvalue weighted by Crippen LogP contribution is -2.13. The Hall–Kier alpha value is -2.01. The van der Waals surface area contributed by atoms with Crippen LogP contribution in [0.5, 0.6) is 0 Å². The van der Waals surface area contributed by atoms with Crippen LogP contribution in [0.4, 0.5) is 11.5 Å². The van der Waals surface area contributed by atoms with Crippen molar-refractivity contribution >= 4 is 29.2 Å². The molecule has 2 rings (SSSR count). The Bertz CT molecular complexity index is 581. The fourth-order valence-electron chi connectivity index (χ4n) is 1.87. The highest BCUT2D eigenvalue weighted by molar-refractivity contribution is 8.00. The molecule has 1 aromatic heterocycles. The lowest BCUT2D eigenvalue weighted by molar-refractivity contribution is -0.113. The summed E-state index contributed by atoms with van der Waals surface area (Å²) in [5.74, 6) is 0.804. The molecule has 110 valence electrons. The van der Waals surface area contributed by atoms with Crippen LogP contribution >= 0.6 is 11.8 Å². The van der Waals surface area contributed by atoms with E-state index < -0.39 is 0 Å². The number of aryl methyl sites for hydroxylation is 1. The van der Waals surface area contributed by atoms with Gasteiger partial charge in [0, 0.05) is 16.8 Å². The number of rotatable bonds is 6. The van der Waals surface area contributed by atoms with Gasteiger partial charge in [-0.1, -0.05) is 25.5 Å². The van der Waals surface area contributed by atoms with E-state index in [0.29, 0.717) is 11.6 Å². The smallest absolute Gasteiger partial charge is 0.234 e. The Morgan fingerprint density at radius 1 is 1.24 bits per heavy atom. The summed E-state index contributed by atoms with van der Waals surface area (Å²) in [6, 6.07) is 11.6. The fraction of sp³-hybridized carbons (Fsp3) is 0.250. The fourth-order valence-corrected chi connectivity index (χ4v) is 2.53. The molecule has 0 spiro atoms. The lowest BCUT2D eigenvalue weighted by atomic mass is 10.1. The molecule has 4 nitrogen and oxygen atoms in total. The molecule has 0 fully saturated rings. The Balaban J connectivity index is 1.82. The predicted molar refractivity (Wildman–Crippen MR) is 88.4 cm³/mol. The Kier molecular flexibility index (Phi) is 5.63. The molecule has 1 amide bonds. The molecule has 0 aliphatic heterocycles. The van der Waals surface area contributed by atoms with Crippen LogP contribution in [-0.4, -0.2) is 16.6 Å². The monoisotopic (exact) mass is 301 g/mol. The van der Waals surface area contributed by atoms with Crippen LogP contribution in [-0.2, 0) is 11.2 Å². The third-order valence-electron chi connectivity index (χ3n) is 2.91. The number of benzene rings is 1. The molecule has 0 saturated carbocycles. The van der Waals surface area contributed by atoms with E-state index in [9.17, 15) is 4.79 Å². The largest absolute Gasteiger partial charge is 0.384 e. The summed E-state index contributed by atoms with van der Waals surface area (Å²) in [5.41, 5.74) is 7.64. The van der Waals surface area contributed by atoms with Crippen molar-refractivity contribution in [3.63, 3.8) is 0 Å². The van der Waals surface area contributed by atoms with E-state index in [2.05, 4.69) is 29.4 Å². The van der Waals surface area contributed by atoms with Crippen molar-refractivity contribution in [2.75, 3.05) is 16.8 Å². The molecule has 0 aliphatic carbocycles. The molecule has 5 heteroatoms. The molecular formula is C16H19N3OS. The molecule has 0 aliphatic rings. The van der Waals surface area contributed by atoms with Gasteiger partial charge in [0.05, 0.1) is 5.75 Å². The van der Waals surface area contributed by atoms with Gasteiger partial charge in [0.2, 0.25) is 5.91 Å². The Morgan fingerprint density at radius 2 is 2.00 bits per heavy atom. The molecule has 21 heavy (non-hydrogen) atoms. The topological polar surface area (TPSA) is 68.0 Å². The number of nitrogens with two attached hydrogens (primary N) is 1. The summed E-state index contributed by atoms with van der Waals surface area (Å²) in [6.07, 6.45) is 3.86. The second-order valence-electron chi connectivity index (χ2n) is 4.70. The number of hydrogen-bond acceptors (Lipinski definition) is 4. The van der Waals surface area contributed by atoms with E-state index in [1.54, 1.807) is 12.3 Å². The van der Waals surface area contributed by atoms with Crippen molar-refractivity contribution in [1.29, 1.82) is 0 Å². The minimum atomic E-state index is -0.0277. The summed E-state index contributed by atoms with van der Waals surface area (Å²) in [4.78, 5) is 16.8. The van der Waals surface area contributed by atoms with Crippen LogP contribution in [0.3, 0.4) is 0 Å². The minimum absolute atomic E-state index is 0.0277. The predicted octanol–water partition coefficient (Wildman–Crippen LogP) is 3.35. The van der Waals surface area contributed by atoms with Crippen LogP contribution in [0.15, 0.2) is 47.5 Å². The quantitative estimate of drug-likeness (QED) is 0.803. The number of thioether (sulfide) groups is 1. The maximum Gasteiger partial charge on any atom is 0.234 e. The lowest BCUT2D eigenvalue weighted by Gasteiger charge is -2.06. The van der Waals surface area contributed by atoms with Crippen molar-refractivity contribution in [1.82, 2.24) is 4.98 Å². The molecule has 0 saturated heterocycles. The third kappa shape index (κ3) is 5.11. The summed E-state index contributed by atoms with van der Waals surface area (Å²) in [7, 11) is 0. The van der Waals surface area contributed by atoms with Gasteiger partial charge >= 0.3 is 0 Å². The molecular weight excluding hydrogens is 282 g/mol. The number of nitrogen functional groups attached to an aromatic ring is 1. The molecule has 0 radical (unpaired) electrons. The van der Waals surface area contributed by atoms with E-state index in [0.717, 1.165) is 23.4 Å². The Labute approximate surface area is 129 Å². The van der Waals surface area contributed by atoms with Gasteiger partial charge in [-0.25, -0.2) is 4.98 Å². The highest BCUT2D eigenvalue weighted by Crippen LogP contribution is 2.18. The highest BCUT2D eigenvalue weighted by atomic mass is 32.2. The zero-order valence-electron chi connectivity index (χ0n) is 12.0. The standard InChI is InChI=1S/C16H19N3OS/c1-2-3-12-4-6-13(7-5-12)19-16(20)11-21-14-8-9-15(17)18-10-14/h4-10H,2-3,11H2,1H3,(H2,17,18)(H,19,20). The van der Waals surface area contributed by atoms with E-state index in [1.807, 2.05) is 18.2 Å². The van der Waals surface area contributed by atoms with E-state index in [1.165, 1.54) is 17.3 Å². The maximum absolute atomic E-state index is 11.9. The van der Waals surface area contributed by atoms with Crippen LogP contribution < -0.4 is 11.1 Å². The molecule has 0 bridgehead atoms.